The highest BCUT2D eigenvalue weighted by Crippen LogP contribution is 2.16. The van der Waals surface area contributed by atoms with Crippen molar-refractivity contribution in [3.8, 4) is 0 Å². The molecule has 2 N–H and O–H groups in total. The van der Waals surface area contributed by atoms with Crippen LogP contribution in [0.3, 0.4) is 0 Å². The second-order valence-corrected chi connectivity index (χ2v) is 3.43. The first-order valence-electron chi connectivity index (χ1n) is 4.67. The summed E-state index contributed by atoms with van der Waals surface area (Å²) in [7, 11) is 0. The van der Waals surface area contributed by atoms with E-state index in [0.29, 0.717) is 26.2 Å². The molecule has 1 heterocycles. The number of ketones is 1. The monoisotopic (exact) mass is 187 g/mol. The van der Waals surface area contributed by atoms with Crippen molar-refractivity contribution in [2.75, 3.05) is 26.4 Å². The molecule has 1 rings (SSSR count). The van der Waals surface area contributed by atoms with E-state index in [4.69, 9.17) is 15.2 Å². The number of hydrogen-bond acceptors (Lipinski definition) is 4. The van der Waals surface area contributed by atoms with Crippen molar-refractivity contribution in [3.63, 3.8) is 0 Å². The third-order valence-electron chi connectivity index (χ3n) is 2.19. The van der Waals surface area contributed by atoms with Crippen LogP contribution in [0.4, 0.5) is 0 Å². The number of ether oxygens (including phenoxy) is 2. The number of carbonyl (C=O) groups is 1. The molecule has 76 valence electrons. The number of carbonyl (C=O) groups excluding carboxylic acids is 1. The van der Waals surface area contributed by atoms with Crippen molar-refractivity contribution in [1.29, 1.82) is 0 Å². The molecule has 0 amide bonds. The highest BCUT2D eigenvalue weighted by atomic mass is 16.5. The molecule has 0 aromatic heterocycles. The van der Waals surface area contributed by atoms with Gasteiger partial charge in [0.15, 0.2) is 5.78 Å². The average Bonchev–Trinajstić information content (AvgIpc) is 2.54. The van der Waals surface area contributed by atoms with E-state index in [-0.39, 0.29) is 12.4 Å². The van der Waals surface area contributed by atoms with Crippen LogP contribution in [0.2, 0.25) is 0 Å². The zero-order valence-corrected chi connectivity index (χ0v) is 8.04. The first-order valence-corrected chi connectivity index (χ1v) is 4.67. The van der Waals surface area contributed by atoms with Crippen LogP contribution in [0.1, 0.15) is 19.8 Å². The van der Waals surface area contributed by atoms with E-state index in [2.05, 4.69) is 0 Å². The summed E-state index contributed by atoms with van der Waals surface area (Å²) in [6.07, 6.45) is 1.53. The van der Waals surface area contributed by atoms with Crippen molar-refractivity contribution in [2.45, 2.75) is 25.3 Å². The van der Waals surface area contributed by atoms with Gasteiger partial charge in [-0.05, 0) is 12.8 Å². The zero-order valence-electron chi connectivity index (χ0n) is 8.04. The molecule has 0 aromatic rings. The number of hydrogen-bond donors (Lipinski definition) is 1. The van der Waals surface area contributed by atoms with Gasteiger partial charge in [-0.25, -0.2) is 0 Å². The Bertz CT molecular complexity index is 176. The molecule has 0 aliphatic carbocycles. The molecule has 1 unspecified atom stereocenters. The summed E-state index contributed by atoms with van der Waals surface area (Å²) in [5.74, 6) is -0.0431. The normalized spacial score (nSPS) is 27.8. The van der Waals surface area contributed by atoms with E-state index >= 15 is 0 Å². The lowest BCUT2D eigenvalue weighted by Crippen LogP contribution is -2.50. The van der Waals surface area contributed by atoms with E-state index < -0.39 is 5.54 Å². The molecule has 0 spiro atoms. The predicted octanol–water partition coefficient (Wildman–Crippen LogP) is 0.0999. The number of rotatable bonds is 5. The SMILES string of the molecule is CCCOCC(=O)C1(N)CCOC1. The fourth-order valence-electron chi connectivity index (χ4n) is 1.25. The van der Waals surface area contributed by atoms with Gasteiger partial charge in [0.05, 0.1) is 6.61 Å². The fraction of sp³-hybridized carbons (Fsp3) is 0.889. The van der Waals surface area contributed by atoms with Crippen molar-refractivity contribution >= 4 is 5.78 Å². The van der Waals surface area contributed by atoms with Crippen LogP contribution in [0.5, 0.6) is 0 Å². The number of Topliss-reactive ketones (excluding diaryl/α,β-unsaturated/α-hetero) is 1. The van der Waals surface area contributed by atoms with Gasteiger partial charge in [0, 0.05) is 13.2 Å². The van der Waals surface area contributed by atoms with Gasteiger partial charge < -0.3 is 15.2 Å². The van der Waals surface area contributed by atoms with Gasteiger partial charge in [0.1, 0.15) is 12.1 Å². The van der Waals surface area contributed by atoms with Gasteiger partial charge in [-0.15, -0.1) is 0 Å². The average molecular weight is 187 g/mol. The molecule has 1 saturated heterocycles. The highest BCUT2D eigenvalue weighted by Gasteiger charge is 2.37. The molecule has 0 aromatic carbocycles. The summed E-state index contributed by atoms with van der Waals surface area (Å²) in [4.78, 5) is 11.5. The van der Waals surface area contributed by atoms with Gasteiger partial charge >= 0.3 is 0 Å². The molecule has 0 bridgehead atoms. The Morgan fingerprint density at radius 1 is 1.69 bits per heavy atom. The van der Waals surface area contributed by atoms with Crippen LogP contribution >= 0.6 is 0 Å². The summed E-state index contributed by atoms with van der Waals surface area (Å²) in [6, 6.07) is 0. The lowest BCUT2D eigenvalue weighted by molar-refractivity contribution is -0.128. The Hall–Kier alpha value is -0.450. The molecule has 13 heavy (non-hydrogen) atoms. The first-order chi connectivity index (χ1) is 6.19. The molecule has 1 aliphatic rings. The van der Waals surface area contributed by atoms with Gasteiger partial charge in [0.25, 0.3) is 0 Å². The number of nitrogens with two attached hydrogens (primary N) is 1. The second kappa shape index (κ2) is 4.69. The van der Waals surface area contributed by atoms with Crippen LogP contribution in [-0.2, 0) is 14.3 Å². The van der Waals surface area contributed by atoms with E-state index in [0.717, 1.165) is 6.42 Å². The molecule has 1 fully saturated rings. The van der Waals surface area contributed by atoms with Gasteiger partial charge in [-0.3, -0.25) is 4.79 Å². The minimum Gasteiger partial charge on any atom is -0.379 e. The van der Waals surface area contributed by atoms with E-state index in [9.17, 15) is 4.79 Å². The molecule has 4 nitrogen and oxygen atoms in total. The topological polar surface area (TPSA) is 61.5 Å². The van der Waals surface area contributed by atoms with Crippen LogP contribution in [0, 0.1) is 0 Å². The minimum absolute atomic E-state index is 0.0431. The lowest BCUT2D eigenvalue weighted by atomic mass is 9.95. The Kier molecular flexibility index (Phi) is 3.84. The zero-order chi connectivity index (χ0) is 9.73. The Balaban J connectivity index is 2.29. The fourth-order valence-corrected chi connectivity index (χ4v) is 1.25. The van der Waals surface area contributed by atoms with Crippen LogP contribution in [0.25, 0.3) is 0 Å². The molecule has 0 radical (unpaired) electrons. The lowest BCUT2D eigenvalue weighted by Gasteiger charge is -2.19. The quantitative estimate of drug-likeness (QED) is 0.620. The van der Waals surface area contributed by atoms with Gasteiger partial charge in [0.2, 0.25) is 0 Å². The molecular weight excluding hydrogens is 170 g/mol. The third-order valence-corrected chi connectivity index (χ3v) is 2.19. The maximum absolute atomic E-state index is 11.5. The molecule has 0 saturated carbocycles. The van der Waals surface area contributed by atoms with E-state index in [1.807, 2.05) is 6.92 Å². The smallest absolute Gasteiger partial charge is 0.180 e. The summed E-state index contributed by atoms with van der Waals surface area (Å²) < 4.78 is 10.2. The first kappa shape index (κ1) is 10.6. The maximum atomic E-state index is 11.5. The third kappa shape index (κ3) is 2.76. The van der Waals surface area contributed by atoms with Crippen LogP contribution < -0.4 is 5.73 Å². The predicted molar refractivity (Wildman–Crippen MR) is 48.5 cm³/mol. The Labute approximate surface area is 78.4 Å². The second-order valence-electron chi connectivity index (χ2n) is 3.43. The Morgan fingerprint density at radius 3 is 3.00 bits per heavy atom. The van der Waals surface area contributed by atoms with Crippen molar-refractivity contribution in [3.05, 3.63) is 0 Å². The molecule has 4 heteroatoms. The molecule has 1 aliphatic heterocycles. The van der Waals surface area contributed by atoms with Crippen LogP contribution in [-0.4, -0.2) is 37.7 Å². The van der Waals surface area contributed by atoms with Crippen molar-refractivity contribution < 1.29 is 14.3 Å². The van der Waals surface area contributed by atoms with E-state index in [1.165, 1.54) is 0 Å². The van der Waals surface area contributed by atoms with Crippen molar-refractivity contribution in [2.24, 2.45) is 5.73 Å². The highest BCUT2D eigenvalue weighted by molar-refractivity contribution is 5.89. The van der Waals surface area contributed by atoms with Gasteiger partial charge in [-0.2, -0.15) is 0 Å². The molecular formula is C9H17NO3. The standard InChI is InChI=1S/C9H17NO3/c1-2-4-12-6-8(11)9(10)3-5-13-7-9/h2-7,10H2,1H3. The maximum Gasteiger partial charge on any atom is 0.180 e. The summed E-state index contributed by atoms with van der Waals surface area (Å²) in [5, 5.41) is 0. The summed E-state index contributed by atoms with van der Waals surface area (Å²) in [6.45, 7) is 3.65. The summed E-state index contributed by atoms with van der Waals surface area (Å²) >= 11 is 0. The largest absolute Gasteiger partial charge is 0.379 e. The van der Waals surface area contributed by atoms with Crippen molar-refractivity contribution in [1.82, 2.24) is 0 Å². The Morgan fingerprint density at radius 2 is 2.46 bits per heavy atom. The van der Waals surface area contributed by atoms with Gasteiger partial charge in [-0.1, -0.05) is 6.92 Å². The minimum atomic E-state index is -0.784. The van der Waals surface area contributed by atoms with E-state index in [1.54, 1.807) is 0 Å². The summed E-state index contributed by atoms with van der Waals surface area (Å²) in [5.41, 5.74) is 5.05. The molecule has 1 atom stereocenters. The van der Waals surface area contributed by atoms with Crippen LogP contribution in [0.15, 0.2) is 0 Å².